The van der Waals surface area contributed by atoms with Gasteiger partial charge in [0.1, 0.15) is 5.82 Å². The van der Waals surface area contributed by atoms with Gasteiger partial charge in [0, 0.05) is 9.75 Å². The Balaban J connectivity index is 2.36. The van der Waals surface area contributed by atoms with Crippen molar-refractivity contribution in [2.45, 2.75) is 33.2 Å². The van der Waals surface area contributed by atoms with Gasteiger partial charge in [-0.25, -0.2) is 4.39 Å². The van der Waals surface area contributed by atoms with Gasteiger partial charge in [-0.05, 0) is 62.2 Å². The summed E-state index contributed by atoms with van der Waals surface area (Å²) >= 11 is 1.77. The van der Waals surface area contributed by atoms with Crippen LogP contribution in [0.3, 0.4) is 0 Å². The highest BCUT2D eigenvalue weighted by molar-refractivity contribution is 7.12. The fraction of sp³-hybridized carbons (Fsp3) is 0.375. The Hall–Kier alpha value is -1.19. The molecule has 0 bridgehead atoms. The lowest BCUT2D eigenvalue weighted by Gasteiger charge is -2.18. The summed E-state index contributed by atoms with van der Waals surface area (Å²) in [4.78, 5) is 2.53. The lowest BCUT2D eigenvalue weighted by Crippen LogP contribution is -2.22. The molecule has 2 aromatic rings. The highest BCUT2D eigenvalue weighted by Crippen LogP contribution is 2.29. The fourth-order valence-corrected chi connectivity index (χ4v) is 3.19. The van der Waals surface area contributed by atoms with E-state index < -0.39 is 0 Å². The first-order chi connectivity index (χ1) is 9.10. The highest BCUT2D eigenvalue weighted by Gasteiger charge is 2.16. The summed E-state index contributed by atoms with van der Waals surface area (Å²) in [5, 5.41) is 3.51. The van der Waals surface area contributed by atoms with Crippen LogP contribution in [0.4, 0.5) is 4.39 Å². The zero-order chi connectivity index (χ0) is 13.8. The predicted molar refractivity (Wildman–Crippen MR) is 80.3 cm³/mol. The van der Waals surface area contributed by atoms with Gasteiger partial charge in [0.25, 0.3) is 0 Å². The molecule has 1 unspecified atom stereocenters. The fourth-order valence-electron chi connectivity index (χ4n) is 2.21. The maximum atomic E-state index is 13.6. The van der Waals surface area contributed by atoms with Crippen LogP contribution in [0.5, 0.6) is 0 Å². The molecular formula is C16H20FNS. The molecule has 0 saturated carbocycles. The first-order valence-corrected chi connectivity index (χ1v) is 7.48. The Kier molecular flexibility index (Phi) is 4.72. The van der Waals surface area contributed by atoms with Crippen molar-refractivity contribution in [3.05, 3.63) is 57.0 Å². The lowest BCUT2D eigenvalue weighted by atomic mass is 10.0. The molecule has 0 aliphatic carbocycles. The summed E-state index contributed by atoms with van der Waals surface area (Å²) in [6, 6.07) is 9.61. The second kappa shape index (κ2) is 6.31. The van der Waals surface area contributed by atoms with Crippen molar-refractivity contribution in [2.75, 3.05) is 6.54 Å². The SMILES string of the molecule is CCCNC(c1cc(C)cc(F)c1)c1ccc(C)s1. The number of rotatable bonds is 5. The smallest absolute Gasteiger partial charge is 0.123 e. The van der Waals surface area contributed by atoms with Crippen molar-refractivity contribution >= 4 is 11.3 Å². The van der Waals surface area contributed by atoms with Crippen LogP contribution in [0.2, 0.25) is 0 Å². The van der Waals surface area contributed by atoms with Crippen LogP contribution in [0.15, 0.2) is 30.3 Å². The first-order valence-electron chi connectivity index (χ1n) is 6.67. The molecule has 1 heterocycles. The number of hydrogen-bond acceptors (Lipinski definition) is 2. The van der Waals surface area contributed by atoms with Crippen LogP contribution in [0.1, 0.15) is 40.3 Å². The van der Waals surface area contributed by atoms with E-state index in [1.165, 1.54) is 9.75 Å². The molecule has 3 heteroatoms. The number of halogens is 1. The number of hydrogen-bond donors (Lipinski definition) is 1. The van der Waals surface area contributed by atoms with E-state index in [0.29, 0.717) is 0 Å². The Morgan fingerprint density at radius 2 is 2.00 bits per heavy atom. The van der Waals surface area contributed by atoms with E-state index in [2.05, 4.69) is 37.4 Å². The Labute approximate surface area is 118 Å². The van der Waals surface area contributed by atoms with Crippen LogP contribution in [-0.2, 0) is 0 Å². The van der Waals surface area contributed by atoms with Gasteiger partial charge in [0.15, 0.2) is 0 Å². The van der Waals surface area contributed by atoms with Crippen molar-refractivity contribution in [2.24, 2.45) is 0 Å². The third kappa shape index (κ3) is 3.64. The minimum Gasteiger partial charge on any atom is -0.306 e. The van der Waals surface area contributed by atoms with Gasteiger partial charge in [-0.3, -0.25) is 0 Å². The summed E-state index contributed by atoms with van der Waals surface area (Å²) in [7, 11) is 0. The molecule has 19 heavy (non-hydrogen) atoms. The van der Waals surface area contributed by atoms with E-state index in [9.17, 15) is 4.39 Å². The van der Waals surface area contributed by atoms with Crippen LogP contribution in [-0.4, -0.2) is 6.54 Å². The van der Waals surface area contributed by atoms with Crippen molar-refractivity contribution < 1.29 is 4.39 Å². The minimum absolute atomic E-state index is 0.0908. The zero-order valence-corrected chi connectivity index (χ0v) is 12.5. The quantitative estimate of drug-likeness (QED) is 0.842. The molecule has 0 radical (unpaired) electrons. The Morgan fingerprint density at radius 1 is 1.21 bits per heavy atom. The largest absolute Gasteiger partial charge is 0.306 e. The first kappa shape index (κ1) is 14.2. The normalized spacial score (nSPS) is 12.6. The summed E-state index contributed by atoms with van der Waals surface area (Å²) in [5.74, 6) is -0.161. The van der Waals surface area contributed by atoms with Gasteiger partial charge in [-0.1, -0.05) is 13.0 Å². The van der Waals surface area contributed by atoms with Crippen molar-refractivity contribution in [1.82, 2.24) is 5.32 Å². The second-order valence-corrected chi connectivity index (χ2v) is 6.22. The molecule has 0 spiro atoms. The molecule has 102 valence electrons. The predicted octanol–water partition coefficient (Wildman–Crippen LogP) is 4.59. The van der Waals surface area contributed by atoms with Gasteiger partial charge >= 0.3 is 0 Å². The van der Waals surface area contributed by atoms with E-state index in [4.69, 9.17) is 0 Å². The number of aryl methyl sites for hydroxylation is 2. The van der Waals surface area contributed by atoms with Crippen LogP contribution < -0.4 is 5.32 Å². The molecule has 1 nitrogen and oxygen atoms in total. The minimum atomic E-state index is -0.161. The van der Waals surface area contributed by atoms with E-state index in [-0.39, 0.29) is 11.9 Å². The van der Waals surface area contributed by atoms with Crippen molar-refractivity contribution in [1.29, 1.82) is 0 Å². The second-order valence-electron chi connectivity index (χ2n) is 4.90. The molecule has 0 aliphatic heterocycles. The van der Waals surface area contributed by atoms with E-state index in [1.54, 1.807) is 23.5 Å². The maximum Gasteiger partial charge on any atom is 0.123 e. The molecule has 1 aromatic carbocycles. The summed E-state index contributed by atoms with van der Waals surface area (Å²) < 4.78 is 13.6. The molecule has 0 fully saturated rings. The molecule has 1 N–H and O–H groups in total. The Bertz CT molecular complexity index is 527. The highest BCUT2D eigenvalue weighted by atomic mass is 32.1. The van der Waals surface area contributed by atoms with Crippen LogP contribution in [0.25, 0.3) is 0 Å². The molecule has 1 aromatic heterocycles. The van der Waals surface area contributed by atoms with Crippen molar-refractivity contribution in [3.8, 4) is 0 Å². The van der Waals surface area contributed by atoms with Crippen LogP contribution in [0, 0.1) is 19.7 Å². The van der Waals surface area contributed by atoms with Gasteiger partial charge in [0.2, 0.25) is 0 Å². The standard InChI is InChI=1S/C16H20FNS/c1-4-7-18-16(15-6-5-12(3)19-15)13-8-11(2)9-14(17)10-13/h5-6,8-10,16,18H,4,7H2,1-3H3. The third-order valence-corrected chi connectivity index (χ3v) is 4.11. The van der Waals surface area contributed by atoms with E-state index >= 15 is 0 Å². The number of nitrogens with one attached hydrogen (secondary N) is 1. The lowest BCUT2D eigenvalue weighted by molar-refractivity contribution is 0.590. The molecule has 0 amide bonds. The average Bonchev–Trinajstić information content (AvgIpc) is 2.75. The molecule has 2 rings (SSSR count). The van der Waals surface area contributed by atoms with E-state index in [1.807, 2.05) is 6.92 Å². The molecule has 1 atom stereocenters. The zero-order valence-electron chi connectivity index (χ0n) is 11.7. The van der Waals surface area contributed by atoms with Gasteiger partial charge < -0.3 is 5.32 Å². The number of benzene rings is 1. The summed E-state index contributed by atoms with van der Waals surface area (Å²) in [6.07, 6.45) is 1.06. The van der Waals surface area contributed by atoms with Gasteiger partial charge in [-0.15, -0.1) is 11.3 Å². The van der Waals surface area contributed by atoms with Gasteiger partial charge in [-0.2, -0.15) is 0 Å². The van der Waals surface area contributed by atoms with Crippen LogP contribution >= 0.6 is 11.3 Å². The summed E-state index contributed by atoms with van der Waals surface area (Å²) in [6.45, 7) is 7.10. The average molecular weight is 277 g/mol. The molecule has 0 aliphatic rings. The topological polar surface area (TPSA) is 12.0 Å². The summed E-state index contributed by atoms with van der Waals surface area (Å²) in [5.41, 5.74) is 1.97. The molecular weight excluding hydrogens is 257 g/mol. The monoisotopic (exact) mass is 277 g/mol. The maximum absolute atomic E-state index is 13.6. The van der Waals surface area contributed by atoms with Crippen molar-refractivity contribution in [3.63, 3.8) is 0 Å². The van der Waals surface area contributed by atoms with E-state index in [0.717, 1.165) is 24.1 Å². The Morgan fingerprint density at radius 3 is 2.58 bits per heavy atom. The van der Waals surface area contributed by atoms with Gasteiger partial charge in [0.05, 0.1) is 6.04 Å². The number of thiophene rings is 1. The molecule has 0 saturated heterocycles. The third-order valence-electron chi connectivity index (χ3n) is 3.04.